The maximum Gasteiger partial charge on any atom is 0.417 e. The van der Waals surface area contributed by atoms with Gasteiger partial charge in [-0.05, 0) is 51.3 Å². The molecule has 0 unspecified atom stereocenters. The minimum absolute atomic E-state index is 0.191. The molecular weight excluding hydrogens is 455 g/mol. The Bertz CT molecular complexity index is 1060. The summed E-state index contributed by atoms with van der Waals surface area (Å²) in [5.74, 6) is -1.53. The molecule has 0 aromatic carbocycles. The number of pyridine rings is 1. The van der Waals surface area contributed by atoms with E-state index in [0.29, 0.717) is 48.6 Å². The molecule has 8 nitrogen and oxygen atoms in total. The lowest BCUT2D eigenvalue weighted by Crippen LogP contribution is -2.37. The van der Waals surface area contributed by atoms with Crippen molar-refractivity contribution in [3.05, 3.63) is 46.4 Å². The van der Waals surface area contributed by atoms with Gasteiger partial charge in [-0.1, -0.05) is 0 Å². The van der Waals surface area contributed by atoms with E-state index in [1.54, 1.807) is 25.7 Å². The van der Waals surface area contributed by atoms with E-state index in [1.165, 1.54) is 6.07 Å². The van der Waals surface area contributed by atoms with Crippen molar-refractivity contribution in [1.82, 2.24) is 9.97 Å². The number of piperidine rings is 1. The maximum absolute atomic E-state index is 12.7. The summed E-state index contributed by atoms with van der Waals surface area (Å²) in [6, 6.07) is 2.29. The molecule has 1 saturated heterocycles. The average Bonchev–Trinajstić information content (AvgIpc) is 3.11. The number of nitrogens with zero attached hydrogens (tertiary/aromatic N) is 2. The van der Waals surface area contributed by atoms with Crippen LogP contribution in [0.5, 0.6) is 0 Å². The van der Waals surface area contributed by atoms with Gasteiger partial charge in [-0.25, -0.2) is 9.78 Å². The molecule has 0 radical (unpaired) electrons. The van der Waals surface area contributed by atoms with E-state index in [-0.39, 0.29) is 12.3 Å². The molecule has 3 rings (SSSR count). The maximum atomic E-state index is 12.7. The molecule has 0 saturated carbocycles. The second kappa shape index (κ2) is 10.3. The lowest BCUT2D eigenvalue weighted by atomic mass is 9.97. The Morgan fingerprint density at radius 3 is 2.38 bits per heavy atom. The van der Waals surface area contributed by atoms with Crippen molar-refractivity contribution in [2.24, 2.45) is 5.92 Å². The SMILES string of the molecule is CCOC(=O)c1c(C)[nH]c(C(=O)COC(=O)C2CCN(c3ccc(C(F)(F)F)cn3)CC2)c1C. The molecule has 3 heterocycles. The molecule has 2 aromatic rings. The third-order valence-electron chi connectivity index (χ3n) is 5.77. The van der Waals surface area contributed by atoms with Crippen LogP contribution in [0.15, 0.2) is 18.3 Å². The first-order valence-corrected chi connectivity index (χ1v) is 10.9. The number of aromatic nitrogens is 2. The molecule has 34 heavy (non-hydrogen) atoms. The van der Waals surface area contributed by atoms with E-state index >= 15 is 0 Å². The number of ketones is 1. The fraction of sp³-hybridized carbons (Fsp3) is 0.478. The van der Waals surface area contributed by atoms with E-state index in [1.807, 2.05) is 0 Å². The lowest BCUT2D eigenvalue weighted by molar-refractivity contribution is -0.148. The van der Waals surface area contributed by atoms with Crippen LogP contribution in [-0.4, -0.2) is 54.0 Å². The highest BCUT2D eigenvalue weighted by molar-refractivity contribution is 6.02. The Kier molecular flexibility index (Phi) is 7.63. The van der Waals surface area contributed by atoms with Crippen molar-refractivity contribution in [2.75, 3.05) is 31.2 Å². The standard InChI is InChI=1S/C23H26F3N3O5/c1-4-33-22(32)19-13(2)20(28-14(19)3)17(30)12-34-21(31)15-7-9-29(10-8-15)18-6-5-16(11-27-18)23(24,25)26/h5-6,11,15,28H,4,7-10,12H2,1-3H3. The summed E-state index contributed by atoms with van der Waals surface area (Å²) in [4.78, 5) is 45.7. The zero-order valence-electron chi connectivity index (χ0n) is 19.1. The van der Waals surface area contributed by atoms with Gasteiger partial charge in [0.2, 0.25) is 5.78 Å². The molecule has 1 aliphatic rings. The molecule has 184 valence electrons. The van der Waals surface area contributed by atoms with Crippen LogP contribution in [0.2, 0.25) is 0 Å². The number of rotatable bonds is 7. The van der Waals surface area contributed by atoms with Crippen molar-refractivity contribution in [2.45, 2.75) is 39.8 Å². The van der Waals surface area contributed by atoms with E-state index in [0.717, 1.165) is 12.3 Å². The van der Waals surface area contributed by atoms with E-state index < -0.39 is 42.0 Å². The molecule has 2 aromatic heterocycles. The van der Waals surface area contributed by atoms with E-state index in [2.05, 4.69) is 9.97 Å². The number of anilines is 1. The van der Waals surface area contributed by atoms with Crippen molar-refractivity contribution in [3.8, 4) is 0 Å². The van der Waals surface area contributed by atoms with Crippen molar-refractivity contribution >= 4 is 23.5 Å². The number of aryl methyl sites for hydroxylation is 1. The minimum Gasteiger partial charge on any atom is -0.462 e. The number of carbonyl (C=O) groups is 3. The number of Topliss-reactive ketones (excluding diaryl/α,β-unsaturated/α-hetero) is 1. The summed E-state index contributed by atoms with van der Waals surface area (Å²) in [6.07, 6.45) is -2.82. The number of hydrogen-bond donors (Lipinski definition) is 1. The molecule has 0 bridgehead atoms. The zero-order valence-corrected chi connectivity index (χ0v) is 19.1. The molecule has 1 fully saturated rings. The summed E-state index contributed by atoms with van der Waals surface area (Å²) < 4.78 is 48.3. The monoisotopic (exact) mass is 481 g/mol. The predicted molar refractivity (Wildman–Crippen MR) is 116 cm³/mol. The van der Waals surface area contributed by atoms with Gasteiger partial charge in [-0.15, -0.1) is 0 Å². The van der Waals surface area contributed by atoms with Crippen LogP contribution in [0.1, 0.15) is 57.4 Å². The highest BCUT2D eigenvalue weighted by Crippen LogP contribution is 2.30. The molecule has 1 aliphatic heterocycles. The van der Waals surface area contributed by atoms with Gasteiger partial charge in [0.25, 0.3) is 0 Å². The largest absolute Gasteiger partial charge is 0.462 e. The van der Waals surface area contributed by atoms with Gasteiger partial charge >= 0.3 is 18.1 Å². The van der Waals surface area contributed by atoms with Gasteiger partial charge in [0, 0.05) is 25.0 Å². The second-order valence-corrected chi connectivity index (χ2v) is 8.04. The topological polar surface area (TPSA) is 102 Å². The van der Waals surface area contributed by atoms with Crippen LogP contribution in [0.4, 0.5) is 19.0 Å². The molecule has 1 N–H and O–H groups in total. The average molecular weight is 481 g/mol. The van der Waals surface area contributed by atoms with Gasteiger partial charge in [-0.2, -0.15) is 13.2 Å². The Morgan fingerprint density at radius 2 is 1.82 bits per heavy atom. The molecule has 0 atom stereocenters. The van der Waals surface area contributed by atoms with E-state index in [9.17, 15) is 27.6 Å². The molecular formula is C23H26F3N3O5. The van der Waals surface area contributed by atoms with Crippen LogP contribution < -0.4 is 4.90 Å². The Morgan fingerprint density at radius 1 is 1.15 bits per heavy atom. The lowest BCUT2D eigenvalue weighted by Gasteiger charge is -2.31. The second-order valence-electron chi connectivity index (χ2n) is 8.04. The van der Waals surface area contributed by atoms with Crippen LogP contribution in [0.25, 0.3) is 0 Å². The summed E-state index contributed by atoms with van der Waals surface area (Å²) in [7, 11) is 0. The van der Waals surface area contributed by atoms with Gasteiger partial charge in [0.1, 0.15) is 5.82 Å². The smallest absolute Gasteiger partial charge is 0.417 e. The Balaban J connectivity index is 1.52. The van der Waals surface area contributed by atoms with Gasteiger partial charge in [0.15, 0.2) is 6.61 Å². The highest BCUT2D eigenvalue weighted by Gasteiger charge is 2.32. The summed E-state index contributed by atoms with van der Waals surface area (Å²) in [5, 5.41) is 0. The van der Waals surface area contributed by atoms with Crippen LogP contribution in [0.3, 0.4) is 0 Å². The van der Waals surface area contributed by atoms with Gasteiger partial charge < -0.3 is 19.4 Å². The first-order chi connectivity index (χ1) is 16.0. The molecule has 11 heteroatoms. The zero-order chi connectivity index (χ0) is 25.0. The number of hydrogen-bond acceptors (Lipinski definition) is 7. The van der Waals surface area contributed by atoms with Crippen LogP contribution in [-0.2, 0) is 20.4 Å². The number of carbonyl (C=O) groups excluding carboxylic acids is 3. The number of halogens is 3. The number of H-pyrrole nitrogens is 1. The number of ether oxygens (including phenoxy) is 2. The molecule has 0 amide bonds. The number of aromatic amines is 1. The van der Waals surface area contributed by atoms with Crippen LogP contribution in [0, 0.1) is 19.8 Å². The van der Waals surface area contributed by atoms with Gasteiger partial charge in [0.05, 0.1) is 29.3 Å². The summed E-state index contributed by atoms with van der Waals surface area (Å²) in [5.41, 5.74) is 0.600. The van der Waals surface area contributed by atoms with E-state index in [4.69, 9.17) is 9.47 Å². The normalized spacial score (nSPS) is 14.7. The number of nitrogens with one attached hydrogen (secondary N) is 1. The predicted octanol–water partition coefficient (Wildman–Crippen LogP) is 3.86. The Hall–Kier alpha value is -3.37. The van der Waals surface area contributed by atoms with Crippen molar-refractivity contribution in [3.63, 3.8) is 0 Å². The van der Waals surface area contributed by atoms with Crippen LogP contribution >= 0.6 is 0 Å². The van der Waals surface area contributed by atoms with Crippen molar-refractivity contribution < 1.29 is 37.0 Å². The molecule has 0 aliphatic carbocycles. The Labute approximate surface area is 194 Å². The third kappa shape index (κ3) is 5.57. The quantitative estimate of drug-likeness (QED) is 0.473. The first kappa shape index (κ1) is 25.3. The highest BCUT2D eigenvalue weighted by atomic mass is 19.4. The fourth-order valence-electron chi connectivity index (χ4n) is 3.95. The first-order valence-electron chi connectivity index (χ1n) is 10.9. The molecule has 0 spiro atoms. The number of esters is 2. The van der Waals surface area contributed by atoms with Crippen molar-refractivity contribution in [1.29, 1.82) is 0 Å². The van der Waals surface area contributed by atoms with Gasteiger partial charge in [-0.3, -0.25) is 9.59 Å². The fourth-order valence-corrected chi connectivity index (χ4v) is 3.95. The summed E-state index contributed by atoms with van der Waals surface area (Å²) in [6.45, 7) is 5.54. The number of alkyl halides is 3. The third-order valence-corrected chi connectivity index (χ3v) is 5.77. The minimum atomic E-state index is -4.45. The summed E-state index contributed by atoms with van der Waals surface area (Å²) >= 11 is 0.